The average molecular weight is 458 g/mol. The zero-order chi connectivity index (χ0) is 22.6. The molecule has 0 radical (unpaired) electrons. The fraction of sp³-hybridized carbons (Fsp3) is 0.273. The van der Waals surface area contributed by atoms with Gasteiger partial charge in [0.05, 0.1) is 23.2 Å². The lowest BCUT2D eigenvalue weighted by Gasteiger charge is -2.18. The van der Waals surface area contributed by atoms with Crippen LogP contribution >= 0.6 is 11.3 Å². The topological polar surface area (TPSA) is 81.0 Å². The molecule has 0 bridgehead atoms. The molecule has 0 aliphatic heterocycles. The Kier molecular flexibility index (Phi) is 6.95. The number of sulfonamides is 1. The van der Waals surface area contributed by atoms with Crippen LogP contribution in [0.15, 0.2) is 52.4 Å². The van der Waals surface area contributed by atoms with E-state index in [1.807, 2.05) is 18.2 Å². The number of carbonyl (C=O) groups excluding carboxylic acids is 1. The first-order chi connectivity index (χ1) is 14.9. The molecule has 0 aliphatic rings. The summed E-state index contributed by atoms with van der Waals surface area (Å²) in [5.74, 6) is 2.74. The van der Waals surface area contributed by atoms with Crippen LogP contribution in [-0.2, 0) is 16.6 Å². The van der Waals surface area contributed by atoms with Crippen LogP contribution in [0.25, 0.3) is 10.2 Å². The number of terminal acetylenes is 1. The molecule has 0 N–H and O–H groups in total. The van der Waals surface area contributed by atoms with E-state index in [2.05, 4.69) is 10.9 Å². The van der Waals surface area contributed by atoms with Crippen LogP contribution in [0.2, 0.25) is 0 Å². The molecule has 1 heterocycles. The molecule has 0 aliphatic carbocycles. The van der Waals surface area contributed by atoms with Crippen LogP contribution in [0.1, 0.15) is 24.2 Å². The Labute approximate surface area is 185 Å². The molecule has 162 valence electrons. The van der Waals surface area contributed by atoms with E-state index in [1.165, 1.54) is 39.9 Å². The third-order valence-electron chi connectivity index (χ3n) is 4.78. The minimum Gasteiger partial charge on any atom is -0.495 e. The maximum atomic E-state index is 12.8. The monoisotopic (exact) mass is 457 g/mol. The number of aromatic nitrogens is 1. The standard InChI is InChI=1S/C22H23N3O4S2/c1-5-15-25-20-18(29-4)9-8-10-19(20)30-22(25)23-21(26)16-11-13-17(14-12-16)31(27,28)24(6-2)7-3/h1,8-14H,6-7,15H2,2-4H3. The van der Waals surface area contributed by atoms with E-state index in [-0.39, 0.29) is 17.0 Å². The Morgan fingerprint density at radius 2 is 1.87 bits per heavy atom. The van der Waals surface area contributed by atoms with Gasteiger partial charge in [-0.2, -0.15) is 9.30 Å². The molecule has 1 aromatic heterocycles. The Morgan fingerprint density at radius 3 is 2.45 bits per heavy atom. The van der Waals surface area contributed by atoms with Crippen molar-refractivity contribution >= 4 is 37.5 Å². The Morgan fingerprint density at radius 1 is 1.19 bits per heavy atom. The smallest absolute Gasteiger partial charge is 0.279 e. The highest BCUT2D eigenvalue weighted by Crippen LogP contribution is 2.27. The van der Waals surface area contributed by atoms with Crippen molar-refractivity contribution in [2.75, 3.05) is 20.2 Å². The summed E-state index contributed by atoms with van der Waals surface area (Å²) in [6.45, 7) is 4.54. The molecular formula is C22H23N3O4S2. The van der Waals surface area contributed by atoms with Gasteiger partial charge in [0, 0.05) is 18.7 Å². The zero-order valence-corrected chi connectivity index (χ0v) is 19.2. The minimum absolute atomic E-state index is 0.141. The van der Waals surface area contributed by atoms with Gasteiger partial charge in [0.15, 0.2) is 4.80 Å². The van der Waals surface area contributed by atoms with Gasteiger partial charge in [0.1, 0.15) is 11.3 Å². The molecule has 3 aromatic rings. The third-order valence-corrected chi connectivity index (χ3v) is 7.88. The van der Waals surface area contributed by atoms with Crippen LogP contribution in [0.3, 0.4) is 0 Å². The lowest BCUT2D eigenvalue weighted by Crippen LogP contribution is -2.30. The molecule has 9 heteroatoms. The van der Waals surface area contributed by atoms with E-state index < -0.39 is 15.9 Å². The number of para-hydroxylation sites is 1. The Balaban J connectivity index is 2.02. The molecule has 0 saturated carbocycles. The van der Waals surface area contributed by atoms with Crippen molar-refractivity contribution in [1.82, 2.24) is 8.87 Å². The van der Waals surface area contributed by atoms with E-state index >= 15 is 0 Å². The first-order valence-corrected chi connectivity index (χ1v) is 11.9. The van der Waals surface area contributed by atoms with Gasteiger partial charge in [-0.05, 0) is 36.4 Å². The molecule has 0 spiro atoms. The summed E-state index contributed by atoms with van der Waals surface area (Å²) >= 11 is 1.33. The van der Waals surface area contributed by atoms with Crippen molar-refractivity contribution in [3.63, 3.8) is 0 Å². The molecule has 7 nitrogen and oxygen atoms in total. The predicted octanol–water partition coefficient (Wildman–Crippen LogP) is 3.12. The van der Waals surface area contributed by atoms with E-state index in [4.69, 9.17) is 11.2 Å². The van der Waals surface area contributed by atoms with Crippen molar-refractivity contribution < 1.29 is 17.9 Å². The van der Waals surface area contributed by atoms with Crippen LogP contribution in [0.5, 0.6) is 5.75 Å². The van der Waals surface area contributed by atoms with Crippen molar-refractivity contribution in [2.45, 2.75) is 25.3 Å². The largest absolute Gasteiger partial charge is 0.495 e. The number of carbonyl (C=O) groups is 1. The van der Waals surface area contributed by atoms with Crippen molar-refractivity contribution in [3.8, 4) is 18.1 Å². The highest BCUT2D eigenvalue weighted by molar-refractivity contribution is 7.89. The lowest BCUT2D eigenvalue weighted by atomic mass is 10.2. The Bertz CT molecular complexity index is 1310. The third kappa shape index (κ3) is 4.42. The summed E-state index contributed by atoms with van der Waals surface area (Å²) in [5.41, 5.74) is 1.07. The maximum Gasteiger partial charge on any atom is 0.279 e. The number of methoxy groups -OCH3 is 1. The SMILES string of the molecule is C#CCn1c(=NC(=O)c2ccc(S(=O)(=O)N(CC)CC)cc2)sc2cccc(OC)c21. The summed E-state index contributed by atoms with van der Waals surface area (Å²) < 4.78 is 34.7. The van der Waals surface area contributed by atoms with E-state index in [1.54, 1.807) is 25.5 Å². The van der Waals surface area contributed by atoms with Gasteiger partial charge < -0.3 is 9.30 Å². The van der Waals surface area contributed by atoms with Gasteiger partial charge in [0.25, 0.3) is 5.91 Å². The highest BCUT2D eigenvalue weighted by Gasteiger charge is 2.21. The number of fused-ring (bicyclic) bond motifs is 1. The second-order valence-corrected chi connectivity index (χ2v) is 9.46. The molecule has 0 fully saturated rings. The Hall–Kier alpha value is -2.93. The van der Waals surface area contributed by atoms with Gasteiger partial charge in [-0.15, -0.1) is 6.42 Å². The molecule has 2 aromatic carbocycles. The van der Waals surface area contributed by atoms with Crippen LogP contribution in [-0.4, -0.2) is 43.4 Å². The quantitative estimate of drug-likeness (QED) is 0.511. The van der Waals surface area contributed by atoms with Gasteiger partial charge >= 0.3 is 0 Å². The second kappa shape index (κ2) is 9.47. The van der Waals surface area contributed by atoms with Gasteiger partial charge in [-0.1, -0.05) is 37.2 Å². The zero-order valence-electron chi connectivity index (χ0n) is 17.5. The van der Waals surface area contributed by atoms with Crippen LogP contribution in [0.4, 0.5) is 0 Å². The normalized spacial score (nSPS) is 12.3. The van der Waals surface area contributed by atoms with Gasteiger partial charge in [-0.25, -0.2) is 8.42 Å². The number of benzene rings is 2. The molecule has 31 heavy (non-hydrogen) atoms. The number of ether oxygens (including phenoxy) is 1. The average Bonchev–Trinajstić information content (AvgIpc) is 3.12. The number of rotatable bonds is 7. The van der Waals surface area contributed by atoms with Crippen molar-refractivity contribution in [1.29, 1.82) is 0 Å². The molecular weight excluding hydrogens is 434 g/mol. The number of nitrogens with zero attached hydrogens (tertiary/aromatic N) is 3. The summed E-state index contributed by atoms with van der Waals surface area (Å²) in [6, 6.07) is 11.4. The molecule has 0 atom stereocenters. The van der Waals surface area contributed by atoms with Crippen LogP contribution in [0, 0.1) is 12.3 Å². The first kappa shape index (κ1) is 22.7. The van der Waals surface area contributed by atoms with E-state index in [9.17, 15) is 13.2 Å². The second-order valence-electron chi connectivity index (χ2n) is 6.51. The summed E-state index contributed by atoms with van der Waals surface area (Å²) in [6.07, 6.45) is 5.52. The molecule has 1 amide bonds. The van der Waals surface area contributed by atoms with Crippen molar-refractivity contribution in [3.05, 3.63) is 52.8 Å². The number of hydrogen-bond donors (Lipinski definition) is 0. The summed E-state index contributed by atoms with van der Waals surface area (Å²) in [7, 11) is -2.02. The number of amides is 1. The molecule has 0 unspecified atom stereocenters. The lowest BCUT2D eigenvalue weighted by molar-refractivity contribution is 0.0997. The molecule has 0 saturated heterocycles. The van der Waals surface area contributed by atoms with Crippen LogP contribution < -0.4 is 9.54 Å². The first-order valence-electron chi connectivity index (χ1n) is 9.66. The van der Waals surface area contributed by atoms with Crippen molar-refractivity contribution in [2.24, 2.45) is 4.99 Å². The highest BCUT2D eigenvalue weighted by atomic mass is 32.2. The fourth-order valence-corrected chi connectivity index (χ4v) is 5.72. The van der Waals surface area contributed by atoms with Gasteiger partial charge in [0.2, 0.25) is 10.0 Å². The van der Waals surface area contributed by atoms with Gasteiger partial charge in [-0.3, -0.25) is 4.79 Å². The minimum atomic E-state index is -3.59. The summed E-state index contributed by atoms with van der Waals surface area (Å²) in [5, 5.41) is 0. The van der Waals surface area contributed by atoms with E-state index in [0.29, 0.717) is 23.6 Å². The number of hydrogen-bond acceptors (Lipinski definition) is 5. The fourth-order valence-electron chi connectivity index (χ4n) is 3.22. The maximum absolute atomic E-state index is 12.8. The number of thiazole rings is 1. The van der Waals surface area contributed by atoms with E-state index in [0.717, 1.165) is 10.2 Å². The summed E-state index contributed by atoms with van der Waals surface area (Å²) in [4.78, 5) is 17.6. The molecule has 3 rings (SSSR count). The predicted molar refractivity (Wildman–Crippen MR) is 122 cm³/mol.